The van der Waals surface area contributed by atoms with E-state index in [4.69, 9.17) is 23.7 Å². The lowest BCUT2D eigenvalue weighted by atomic mass is 9.41. The van der Waals surface area contributed by atoms with Crippen molar-refractivity contribution in [3.8, 4) is 0 Å². The third-order valence-corrected chi connectivity index (χ3v) is 17.6. The minimum absolute atomic E-state index is 0.0219. The van der Waals surface area contributed by atoms with Gasteiger partial charge < -0.3 is 64.5 Å². The van der Waals surface area contributed by atoms with Crippen LogP contribution >= 0.6 is 0 Å². The van der Waals surface area contributed by atoms with E-state index in [1.807, 2.05) is 0 Å². The molecule has 8 aliphatic rings. The minimum Gasteiger partial charge on any atom is -0.393 e. The molecule has 310 valence electrons. The number of hydrogen-bond donors (Lipinski definition) is 8. The van der Waals surface area contributed by atoms with Gasteiger partial charge in [-0.2, -0.15) is 0 Å². The first-order valence-corrected chi connectivity index (χ1v) is 20.7. The first-order valence-electron chi connectivity index (χ1n) is 20.7. The fourth-order valence-electron chi connectivity index (χ4n) is 14.8. The summed E-state index contributed by atoms with van der Waals surface area (Å²) in [5.74, 6) is -0.0738. The fraction of sp³-hybridized carbons (Fsp3) is 1.00. The van der Waals surface area contributed by atoms with Gasteiger partial charge in [-0.15, -0.1) is 0 Å². The second-order valence-corrected chi connectivity index (χ2v) is 21.0. The molecule has 3 aliphatic heterocycles. The van der Waals surface area contributed by atoms with Gasteiger partial charge in [0, 0.05) is 5.92 Å². The molecule has 8 fully saturated rings. The van der Waals surface area contributed by atoms with E-state index in [2.05, 4.69) is 34.6 Å². The third kappa shape index (κ3) is 5.43. The smallest absolute Gasteiger partial charge is 0.186 e. The highest BCUT2D eigenvalue weighted by molar-refractivity contribution is 5.33. The Morgan fingerprint density at radius 1 is 0.685 bits per heavy atom. The fourth-order valence-corrected chi connectivity index (χ4v) is 14.8. The van der Waals surface area contributed by atoms with E-state index in [0.717, 1.165) is 38.5 Å². The van der Waals surface area contributed by atoms with E-state index in [0.29, 0.717) is 19.3 Å². The minimum atomic E-state index is -1.47. The van der Waals surface area contributed by atoms with Gasteiger partial charge in [-0.05, 0) is 124 Å². The molecular weight excluding hydrogens is 700 g/mol. The van der Waals surface area contributed by atoms with Crippen molar-refractivity contribution < 1.29 is 64.5 Å². The van der Waals surface area contributed by atoms with Crippen molar-refractivity contribution in [1.29, 1.82) is 0 Å². The topological polar surface area (TPSA) is 208 Å². The highest BCUT2D eigenvalue weighted by atomic mass is 16.7. The summed E-state index contributed by atoms with van der Waals surface area (Å²) < 4.78 is 32.1. The quantitative estimate of drug-likeness (QED) is 0.182. The molecule has 5 saturated carbocycles. The van der Waals surface area contributed by atoms with Crippen LogP contribution in [0, 0.1) is 44.8 Å². The average Bonchev–Trinajstić information content (AvgIpc) is 3.45. The van der Waals surface area contributed by atoms with Crippen molar-refractivity contribution in [3.05, 3.63) is 0 Å². The van der Waals surface area contributed by atoms with Gasteiger partial charge in [0.15, 0.2) is 12.6 Å². The lowest BCUT2D eigenvalue weighted by Crippen LogP contribution is -2.65. The van der Waals surface area contributed by atoms with Crippen molar-refractivity contribution in [2.24, 2.45) is 44.8 Å². The van der Waals surface area contributed by atoms with Crippen LogP contribution in [0.1, 0.15) is 113 Å². The monoisotopic (exact) mass is 768 g/mol. The zero-order valence-corrected chi connectivity index (χ0v) is 33.4. The Hall–Kier alpha value is -0.520. The highest BCUT2D eigenvalue weighted by Crippen LogP contribution is 2.89. The van der Waals surface area contributed by atoms with Gasteiger partial charge in [-0.25, -0.2) is 0 Å². The molecule has 2 unspecified atom stereocenters. The van der Waals surface area contributed by atoms with Crippen LogP contribution < -0.4 is 0 Å². The van der Waals surface area contributed by atoms with Gasteiger partial charge >= 0.3 is 0 Å². The molecule has 13 nitrogen and oxygen atoms in total. The standard InChI is InChI=1S/C41H68O13/c1-19-26(44)28(46)30(48)34(51-19)52-22-15-23-38(7)16-20(42)31(39(8)11-9-25(54-39)36(4,5)49)37(38,6)13-14-40(23)18-41(40)12-10-24(35(2,3)32(22)41)53-33-29(47)27(45)21(43)17-50-33/h19-34,42-49H,9-18H2,1-8H3/t19-,20+,21-,22+,23+,24+,25+,26-,27+,28+,29-,30+,31?,32?,33+,34-,37-,38+,39-,40+,41-/m1/s1. The molecule has 54 heavy (non-hydrogen) atoms. The Kier molecular flexibility index (Phi) is 9.50. The second-order valence-electron chi connectivity index (χ2n) is 21.0. The Labute approximate surface area is 319 Å². The molecule has 8 N–H and O–H groups in total. The summed E-state index contributed by atoms with van der Waals surface area (Å²) in [5.41, 5.74) is -2.90. The van der Waals surface area contributed by atoms with E-state index >= 15 is 0 Å². The number of aliphatic hydroxyl groups is 8. The summed E-state index contributed by atoms with van der Waals surface area (Å²) in [4.78, 5) is 0. The van der Waals surface area contributed by atoms with Gasteiger partial charge in [0.25, 0.3) is 0 Å². The maximum atomic E-state index is 12.2. The van der Waals surface area contributed by atoms with Crippen molar-refractivity contribution in [3.63, 3.8) is 0 Å². The molecule has 2 spiro atoms. The summed E-state index contributed by atoms with van der Waals surface area (Å²) in [6.45, 7) is 16.3. The van der Waals surface area contributed by atoms with Crippen molar-refractivity contribution >= 4 is 0 Å². The van der Waals surface area contributed by atoms with Gasteiger partial charge in [0.1, 0.15) is 36.6 Å². The average molecular weight is 769 g/mol. The molecule has 0 aromatic rings. The van der Waals surface area contributed by atoms with Gasteiger partial charge in [-0.1, -0.05) is 27.7 Å². The maximum Gasteiger partial charge on any atom is 0.186 e. The SMILES string of the molecule is C[C@H]1O[C@H](O[C@H]2C[C@@H]3[C@]4(CC[C@]5(C)C([C@@]6(C)CC[C@@H](C(C)(C)O)O6)[C@@H](O)C[C@@]35C)C[C@@]43CC[C@H](O[C@@H]4OC[C@@H](O)[C@H](O)[C@H]4O)C(C)(C)C23)[C@@H](O)[C@@H](O)[C@@H]1O. The Morgan fingerprint density at radius 3 is 2.04 bits per heavy atom. The van der Waals surface area contributed by atoms with Gasteiger partial charge in [0.2, 0.25) is 0 Å². The molecule has 0 aromatic carbocycles. The Bertz CT molecular complexity index is 1440. The molecule has 5 aliphatic carbocycles. The van der Waals surface area contributed by atoms with Crippen LogP contribution in [-0.4, -0.2) is 138 Å². The van der Waals surface area contributed by atoms with Crippen molar-refractivity contribution in [2.45, 2.75) is 204 Å². The predicted octanol–water partition coefficient (Wildman–Crippen LogP) is 1.75. The molecule has 21 atom stereocenters. The molecule has 0 amide bonds. The number of rotatable bonds is 6. The normalized spacial score (nSPS) is 59.6. The summed E-state index contributed by atoms with van der Waals surface area (Å²) >= 11 is 0. The Balaban J connectivity index is 1.15. The first kappa shape index (κ1) is 40.3. The highest BCUT2D eigenvalue weighted by Gasteiger charge is 2.85. The zero-order valence-electron chi connectivity index (χ0n) is 33.4. The second kappa shape index (κ2) is 12.7. The number of hydrogen-bond acceptors (Lipinski definition) is 13. The van der Waals surface area contributed by atoms with E-state index in [9.17, 15) is 40.9 Å². The van der Waals surface area contributed by atoms with Crippen LogP contribution in [0.25, 0.3) is 0 Å². The zero-order chi connectivity index (χ0) is 39.3. The van der Waals surface area contributed by atoms with Crippen LogP contribution in [-0.2, 0) is 23.7 Å². The van der Waals surface area contributed by atoms with Crippen LogP contribution in [0.2, 0.25) is 0 Å². The van der Waals surface area contributed by atoms with E-state index in [1.54, 1.807) is 20.8 Å². The summed E-state index contributed by atoms with van der Waals surface area (Å²) in [5, 5.41) is 87.1. The van der Waals surface area contributed by atoms with Crippen LogP contribution in [0.15, 0.2) is 0 Å². The molecule has 3 heterocycles. The molecule has 8 rings (SSSR count). The van der Waals surface area contributed by atoms with Gasteiger partial charge in [0.05, 0.1) is 48.3 Å². The van der Waals surface area contributed by atoms with Crippen LogP contribution in [0.5, 0.6) is 0 Å². The lowest BCUT2D eigenvalue weighted by molar-refractivity contribution is -0.335. The predicted molar refractivity (Wildman–Crippen MR) is 192 cm³/mol. The lowest BCUT2D eigenvalue weighted by Gasteiger charge is -2.65. The largest absolute Gasteiger partial charge is 0.393 e. The van der Waals surface area contributed by atoms with Crippen LogP contribution in [0.4, 0.5) is 0 Å². The summed E-state index contributed by atoms with van der Waals surface area (Å²) in [6, 6.07) is 0. The van der Waals surface area contributed by atoms with Crippen LogP contribution in [0.3, 0.4) is 0 Å². The first-order chi connectivity index (χ1) is 25.0. The maximum absolute atomic E-state index is 12.2. The molecular formula is C41H68O13. The molecule has 0 radical (unpaired) electrons. The van der Waals surface area contributed by atoms with E-state index in [1.165, 1.54) is 0 Å². The molecule has 3 saturated heterocycles. The summed E-state index contributed by atoms with van der Waals surface area (Å²) in [6.07, 6.45) is -5.87. The summed E-state index contributed by atoms with van der Waals surface area (Å²) in [7, 11) is 0. The van der Waals surface area contributed by atoms with Gasteiger partial charge in [-0.3, -0.25) is 0 Å². The number of aliphatic hydroxyl groups excluding tert-OH is 7. The molecule has 0 aromatic heterocycles. The van der Waals surface area contributed by atoms with Crippen molar-refractivity contribution in [2.75, 3.05) is 6.61 Å². The van der Waals surface area contributed by atoms with Crippen molar-refractivity contribution in [1.82, 2.24) is 0 Å². The van der Waals surface area contributed by atoms with E-state index in [-0.39, 0.29) is 52.1 Å². The van der Waals surface area contributed by atoms with E-state index < -0.39 is 90.2 Å². The number of ether oxygens (including phenoxy) is 5. The number of fused-ring (bicyclic) bond motifs is 2. The third-order valence-electron chi connectivity index (χ3n) is 17.6. The Morgan fingerprint density at radius 2 is 1.37 bits per heavy atom. The molecule has 13 heteroatoms. The molecule has 0 bridgehead atoms.